The molecule has 1 atom stereocenters. The summed E-state index contributed by atoms with van der Waals surface area (Å²) < 4.78 is 39.8. The highest BCUT2D eigenvalue weighted by atomic mass is 19.4. The minimum absolute atomic E-state index is 0.346. The Hall–Kier alpha value is -0.290. The van der Waals surface area contributed by atoms with E-state index in [1.807, 2.05) is 6.92 Å². The van der Waals surface area contributed by atoms with Gasteiger partial charge in [-0.1, -0.05) is 6.92 Å². The number of hydrogen-bond donors (Lipinski definition) is 1. The molecule has 2 nitrogen and oxygen atoms in total. The zero-order valence-electron chi connectivity index (χ0n) is 8.66. The SMILES string of the molecule is CCCNCCC(C)OCC(F)(F)F. The second-order valence-electron chi connectivity index (χ2n) is 3.28. The molecule has 0 aliphatic carbocycles. The van der Waals surface area contributed by atoms with E-state index in [2.05, 4.69) is 10.1 Å². The van der Waals surface area contributed by atoms with E-state index in [0.29, 0.717) is 13.0 Å². The lowest BCUT2D eigenvalue weighted by Crippen LogP contribution is -2.25. The van der Waals surface area contributed by atoms with Gasteiger partial charge in [0.2, 0.25) is 0 Å². The van der Waals surface area contributed by atoms with E-state index in [-0.39, 0.29) is 6.10 Å². The van der Waals surface area contributed by atoms with Crippen LogP contribution in [0.3, 0.4) is 0 Å². The lowest BCUT2D eigenvalue weighted by atomic mass is 10.3. The minimum atomic E-state index is -4.22. The van der Waals surface area contributed by atoms with E-state index in [4.69, 9.17) is 0 Å². The summed E-state index contributed by atoms with van der Waals surface area (Å²) in [5.74, 6) is 0. The molecule has 0 rings (SSSR count). The highest BCUT2D eigenvalue weighted by Crippen LogP contribution is 2.15. The van der Waals surface area contributed by atoms with Crippen molar-refractivity contribution < 1.29 is 17.9 Å². The Morgan fingerprint density at radius 3 is 2.43 bits per heavy atom. The number of halogens is 3. The fourth-order valence-corrected chi connectivity index (χ4v) is 0.927. The number of hydrogen-bond acceptors (Lipinski definition) is 2. The molecule has 0 amide bonds. The summed E-state index contributed by atoms with van der Waals surface area (Å²) >= 11 is 0. The van der Waals surface area contributed by atoms with E-state index < -0.39 is 12.8 Å². The molecule has 0 heterocycles. The van der Waals surface area contributed by atoms with E-state index in [1.54, 1.807) is 6.92 Å². The fourth-order valence-electron chi connectivity index (χ4n) is 0.927. The predicted molar refractivity (Wildman–Crippen MR) is 49.2 cm³/mol. The van der Waals surface area contributed by atoms with E-state index in [9.17, 15) is 13.2 Å². The van der Waals surface area contributed by atoms with Crippen LogP contribution >= 0.6 is 0 Å². The Kier molecular flexibility index (Phi) is 6.92. The largest absolute Gasteiger partial charge is 0.411 e. The Balaban J connectivity index is 3.32. The van der Waals surface area contributed by atoms with Crippen LogP contribution in [-0.2, 0) is 4.74 Å². The molecule has 0 radical (unpaired) electrons. The molecule has 0 aliphatic rings. The van der Waals surface area contributed by atoms with Gasteiger partial charge in [0, 0.05) is 0 Å². The summed E-state index contributed by atoms with van der Waals surface area (Å²) in [5, 5.41) is 3.10. The molecular formula is C9H18F3NO. The molecule has 0 bridgehead atoms. The van der Waals surface area contributed by atoms with Crippen LogP contribution in [0.4, 0.5) is 13.2 Å². The average Bonchev–Trinajstić information content (AvgIpc) is 2.08. The van der Waals surface area contributed by atoms with Gasteiger partial charge in [0.25, 0.3) is 0 Å². The molecule has 0 aromatic heterocycles. The lowest BCUT2D eigenvalue weighted by molar-refractivity contribution is -0.184. The van der Waals surface area contributed by atoms with Gasteiger partial charge in [-0.05, 0) is 32.9 Å². The topological polar surface area (TPSA) is 21.3 Å². The van der Waals surface area contributed by atoms with Crippen molar-refractivity contribution in [3.05, 3.63) is 0 Å². The molecule has 86 valence electrons. The predicted octanol–water partition coefficient (Wildman–Crippen LogP) is 2.34. The summed E-state index contributed by atoms with van der Waals surface area (Å²) in [6, 6.07) is 0. The summed E-state index contributed by atoms with van der Waals surface area (Å²) in [5.41, 5.74) is 0. The number of nitrogens with one attached hydrogen (secondary N) is 1. The summed E-state index contributed by atoms with van der Waals surface area (Å²) in [6.07, 6.45) is -2.93. The van der Waals surface area contributed by atoms with Gasteiger partial charge in [0.1, 0.15) is 6.61 Å². The highest BCUT2D eigenvalue weighted by Gasteiger charge is 2.28. The molecule has 5 heteroatoms. The van der Waals surface area contributed by atoms with Gasteiger partial charge in [-0.15, -0.1) is 0 Å². The standard InChI is InChI=1S/C9H18F3NO/c1-3-5-13-6-4-8(2)14-7-9(10,11)12/h8,13H,3-7H2,1-2H3. The van der Waals surface area contributed by atoms with Crippen LogP contribution in [0, 0.1) is 0 Å². The molecule has 0 saturated carbocycles. The highest BCUT2D eigenvalue weighted by molar-refractivity contribution is 4.56. The van der Waals surface area contributed by atoms with Gasteiger partial charge in [0.15, 0.2) is 0 Å². The third-order valence-electron chi connectivity index (χ3n) is 1.69. The van der Waals surface area contributed by atoms with Crippen molar-refractivity contribution in [2.75, 3.05) is 19.7 Å². The van der Waals surface area contributed by atoms with Crippen molar-refractivity contribution >= 4 is 0 Å². The van der Waals surface area contributed by atoms with Crippen molar-refractivity contribution in [1.29, 1.82) is 0 Å². The molecule has 0 aromatic carbocycles. The molecule has 0 spiro atoms. The van der Waals surface area contributed by atoms with Crippen LogP contribution in [0.25, 0.3) is 0 Å². The van der Waals surface area contributed by atoms with Gasteiger partial charge in [-0.2, -0.15) is 13.2 Å². The second-order valence-corrected chi connectivity index (χ2v) is 3.28. The normalized spacial score (nSPS) is 14.4. The van der Waals surface area contributed by atoms with Gasteiger partial charge in [-0.3, -0.25) is 0 Å². The van der Waals surface area contributed by atoms with Gasteiger partial charge in [-0.25, -0.2) is 0 Å². The van der Waals surface area contributed by atoms with Crippen molar-refractivity contribution in [1.82, 2.24) is 5.32 Å². The first-order valence-electron chi connectivity index (χ1n) is 4.84. The Morgan fingerprint density at radius 1 is 1.29 bits per heavy atom. The third kappa shape index (κ3) is 9.80. The minimum Gasteiger partial charge on any atom is -0.369 e. The second kappa shape index (κ2) is 7.06. The molecule has 14 heavy (non-hydrogen) atoms. The van der Waals surface area contributed by atoms with Crippen molar-refractivity contribution in [2.45, 2.75) is 39.0 Å². The number of alkyl halides is 3. The first kappa shape index (κ1) is 13.7. The fraction of sp³-hybridized carbons (Fsp3) is 1.00. The summed E-state index contributed by atoms with van der Waals surface area (Å²) in [6.45, 7) is 4.14. The average molecular weight is 213 g/mol. The van der Waals surface area contributed by atoms with Crippen LogP contribution in [-0.4, -0.2) is 32.0 Å². The van der Waals surface area contributed by atoms with E-state index >= 15 is 0 Å². The first-order valence-corrected chi connectivity index (χ1v) is 4.84. The first-order chi connectivity index (χ1) is 6.45. The lowest BCUT2D eigenvalue weighted by Gasteiger charge is -2.14. The van der Waals surface area contributed by atoms with Crippen molar-refractivity contribution in [2.24, 2.45) is 0 Å². The van der Waals surface area contributed by atoms with E-state index in [1.165, 1.54) is 0 Å². The molecule has 1 unspecified atom stereocenters. The molecule has 1 N–H and O–H groups in total. The van der Waals surface area contributed by atoms with Gasteiger partial charge in [0.05, 0.1) is 6.10 Å². The number of rotatable bonds is 7. The molecule has 0 fully saturated rings. The zero-order chi connectivity index (χ0) is 11.0. The monoisotopic (exact) mass is 213 g/mol. The van der Waals surface area contributed by atoms with Crippen molar-refractivity contribution in [3.8, 4) is 0 Å². The molecule has 0 aliphatic heterocycles. The Morgan fingerprint density at radius 2 is 1.93 bits per heavy atom. The van der Waals surface area contributed by atoms with Crippen molar-refractivity contribution in [3.63, 3.8) is 0 Å². The van der Waals surface area contributed by atoms with Crippen LogP contribution in [0.2, 0.25) is 0 Å². The molecule has 0 aromatic rings. The van der Waals surface area contributed by atoms with Gasteiger partial charge >= 0.3 is 6.18 Å². The van der Waals surface area contributed by atoms with E-state index in [0.717, 1.165) is 13.0 Å². The maximum Gasteiger partial charge on any atom is 0.411 e. The van der Waals surface area contributed by atoms with Crippen LogP contribution in [0.5, 0.6) is 0 Å². The Labute approximate surface area is 82.8 Å². The van der Waals surface area contributed by atoms with Crippen LogP contribution < -0.4 is 5.32 Å². The summed E-state index contributed by atoms with van der Waals surface area (Å²) in [7, 11) is 0. The third-order valence-corrected chi connectivity index (χ3v) is 1.69. The van der Waals surface area contributed by atoms with Gasteiger partial charge < -0.3 is 10.1 Å². The molecule has 0 saturated heterocycles. The quantitative estimate of drug-likeness (QED) is 0.655. The summed E-state index contributed by atoms with van der Waals surface area (Å²) in [4.78, 5) is 0. The zero-order valence-corrected chi connectivity index (χ0v) is 8.66. The maximum atomic E-state index is 11.7. The smallest absolute Gasteiger partial charge is 0.369 e. The Bertz CT molecular complexity index is 139. The molecular weight excluding hydrogens is 195 g/mol. The van der Waals surface area contributed by atoms with Crippen LogP contribution in [0.15, 0.2) is 0 Å². The maximum absolute atomic E-state index is 11.7. The van der Waals surface area contributed by atoms with Crippen LogP contribution in [0.1, 0.15) is 26.7 Å². The number of ether oxygens (including phenoxy) is 1.